The Morgan fingerprint density at radius 3 is 2.22 bits per heavy atom. The molecule has 0 radical (unpaired) electrons. The number of carbonyl (C=O) groups is 1. The van der Waals surface area contributed by atoms with Gasteiger partial charge in [0, 0.05) is 15.0 Å². The zero-order valence-electron chi connectivity index (χ0n) is 5.59. The predicted octanol–water partition coefficient (Wildman–Crippen LogP) is -0.228. The molecule has 0 saturated heterocycles. The summed E-state index contributed by atoms with van der Waals surface area (Å²) in [5.41, 5.74) is 0. The molecule has 0 bridgehead atoms. The molecule has 9 heavy (non-hydrogen) atoms. The fourth-order valence-corrected chi connectivity index (χ4v) is 0.653. The summed E-state index contributed by atoms with van der Waals surface area (Å²) in [7, 11) is -2.37. The van der Waals surface area contributed by atoms with Crippen molar-refractivity contribution in [2.75, 3.05) is 0 Å². The van der Waals surface area contributed by atoms with Gasteiger partial charge in [-0.3, -0.25) is 9.52 Å². The smallest absolute Gasteiger partial charge is 0.218 e. The Balaban J connectivity index is 4.22. The van der Waals surface area contributed by atoms with Gasteiger partial charge in [-0.1, -0.05) is 0 Å². The van der Waals surface area contributed by atoms with E-state index in [-0.39, 0.29) is 5.25 Å². The molecule has 1 unspecified atom stereocenters. The van der Waals surface area contributed by atoms with Gasteiger partial charge in [0.25, 0.3) is 0 Å². The standard InChI is InChI=1S/C5H11NO2S/c1-5(2)9(3,8)6-4-7/h4-5H,3H2,1-2H3,(H,6,7,8). The molecule has 0 spiro atoms. The van der Waals surface area contributed by atoms with E-state index in [0.29, 0.717) is 6.41 Å². The molecular formula is C5H11NO2S. The molecule has 4 heteroatoms. The molecule has 54 valence electrons. The Bertz CT molecular complexity index is 181. The fraction of sp³-hybridized carbons (Fsp3) is 0.600. The van der Waals surface area contributed by atoms with Crippen LogP contribution in [0, 0.1) is 0 Å². The third kappa shape index (κ3) is 2.51. The molecule has 3 nitrogen and oxygen atoms in total. The lowest BCUT2D eigenvalue weighted by molar-refractivity contribution is -0.108. The quantitative estimate of drug-likeness (QED) is 0.445. The highest BCUT2D eigenvalue weighted by Gasteiger charge is 2.05. The Hall–Kier alpha value is -0.510. The zero-order chi connectivity index (χ0) is 7.49. The van der Waals surface area contributed by atoms with Crippen molar-refractivity contribution in [3.8, 4) is 0 Å². The Kier molecular flexibility index (Phi) is 2.70. The van der Waals surface area contributed by atoms with Gasteiger partial charge in [-0.05, 0) is 19.7 Å². The van der Waals surface area contributed by atoms with Crippen LogP contribution < -0.4 is 4.72 Å². The van der Waals surface area contributed by atoms with Crippen molar-refractivity contribution in [1.82, 2.24) is 4.72 Å². The molecule has 0 aliphatic carbocycles. The molecule has 0 aliphatic heterocycles. The number of hydrogen-bond acceptors (Lipinski definition) is 2. The van der Waals surface area contributed by atoms with E-state index in [4.69, 9.17) is 0 Å². The van der Waals surface area contributed by atoms with Crippen molar-refractivity contribution in [2.45, 2.75) is 19.1 Å². The fourth-order valence-electron chi connectivity index (χ4n) is 0.218. The third-order valence-corrected chi connectivity index (χ3v) is 3.03. The monoisotopic (exact) mass is 149 g/mol. The number of nitrogens with one attached hydrogen (secondary N) is 1. The summed E-state index contributed by atoms with van der Waals surface area (Å²) in [6, 6.07) is 0. The van der Waals surface area contributed by atoms with Crippen molar-refractivity contribution in [3.05, 3.63) is 0 Å². The van der Waals surface area contributed by atoms with Crippen LogP contribution in [0.25, 0.3) is 0 Å². The molecule has 1 amide bonds. The van der Waals surface area contributed by atoms with E-state index in [1.807, 2.05) is 0 Å². The van der Waals surface area contributed by atoms with Gasteiger partial charge in [0.1, 0.15) is 0 Å². The van der Waals surface area contributed by atoms with Crippen molar-refractivity contribution >= 4 is 22.0 Å². The van der Waals surface area contributed by atoms with Crippen LogP contribution >= 0.6 is 0 Å². The maximum absolute atomic E-state index is 11.0. The molecule has 0 saturated carbocycles. The lowest BCUT2D eigenvalue weighted by atomic mass is 10.6. The van der Waals surface area contributed by atoms with E-state index in [1.54, 1.807) is 13.8 Å². The Labute approximate surface area is 55.6 Å². The van der Waals surface area contributed by atoms with Gasteiger partial charge < -0.3 is 0 Å². The average molecular weight is 149 g/mol. The number of rotatable bonds is 3. The van der Waals surface area contributed by atoms with Crippen LogP contribution in [0.5, 0.6) is 0 Å². The Morgan fingerprint density at radius 2 is 2.11 bits per heavy atom. The highest BCUT2D eigenvalue weighted by atomic mass is 32.2. The lowest BCUT2D eigenvalue weighted by Crippen LogP contribution is -2.29. The van der Waals surface area contributed by atoms with Crippen LogP contribution in [0.1, 0.15) is 13.8 Å². The van der Waals surface area contributed by atoms with Crippen molar-refractivity contribution in [2.24, 2.45) is 0 Å². The molecule has 1 atom stereocenters. The van der Waals surface area contributed by atoms with Crippen LogP contribution in [0.4, 0.5) is 0 Å². The number of hydrogen-bond donors (Lipinski definition) is 1. The van der Waals surface area contributed by atoms with Crippen LogP contribution in [0.15, 0.2) is 0 Å². The topological polar surface area (TPSA) is 46.2 Å². The van der Waals surface area contributed by atoms with Crippen LogP contribution in [-0.2, 0) is 14.5 Å². The van der Waals surface area contributed by atoms with Gasteiger partial charge in [0.05, 0.1) is 0 Å². The van der Waals surface area contributed by atoms with Gasteiger partial charge in [0.2, 0.25) is 6.41 Å². The highest BCUT2D eigenvalue weighted by molar-refractivity contribution is 7.99. The molecule has 0 aliphatic rings. The molecule has 0 rings (SSSR count). The summed E-state index contributed by atoms with van der Waals surface area (Å²) in [5, 5.41) is -0.109. The molecule has 0 aromatic rings. The Morgan fingerprint density at radius 1 is 1.67 bits per heavy atom. The van der Waals surface area contributed by atoms with Gasteiger partial charge >= 0.3 is 0 Å². The van der Waals surface area contributed by atoms with Crippen molar-refractivity contribution in [3.63, 3.8) is 0 Å². The van der Waals surface area contributed by atoms with Crippen LogP contribution in [0.3, 0.4) is 0 Å². The second kappa shape index (κ2) is 2.87. The summed E-state index contributed by atoms with van der Waals surface area (Å²) in [6.45, 7) is 3.48. The van der Waals surface area contributed by atoms with E-state index in [2.05, 4.69) is 10.6 Å². The second-order valence-electron chi connectivity index (χ2n) is 2.01. The minimum atomic E-state index is -2.37. The summed E-state index contributed by atoms with van der Waals surface area (Å²) >= 11 is 0. The lowest BCUT2D eigenvalue weighted by Gasteiger charge is -2.09. The van der Waals surface area contributed by atoms with E-state index >= 15 is 0 Å². The summed E-state index contributed by atoms with van der Waals surface area (Å²) in [5.74, 6) is 3.34. The van der Waals surface area contributed by atoms with Gasteiger partial charge in [-0.15, -0.1) is 0 Å². The molecule has 0 fully saturated rings. The van der Waals surface area contributed by atoms with Gasteiger partial charge in [-0.2, -0.15) is 0 Å². The normalized spacial score (nSPS) is 16.8. The first kappa shape index (κ1) is 8.49. The molecule has 1 N–H and O–H groups in total. The summed E-state index contributed by atoms with van der Waals surface area (Å²) in [6.07, 6.45) is 0.412. The maximum Gasteiger partial charge on any atom is 0.218 e. The number of carbonyl (C=O) groups excluding carboxylic acids is 1. The van der Waals surface area contributed by atoms with Crippen molar-refractivity contribution in [1.29, 1.82) is 0 Å². The van der Waals surface area contributed by atoms with E-state index in [9.17, 15) is 9.00 Å². The average Bonchev–Trinajstić information content (AvgIpc) is 1.65. The van der Waals surface area contributed by atoms with Gasteiger partial charge in [-0.25, -0.2) is 4.21 Å². The predicted molar refractivity (Wildman–Crippen MR) is 39.6 cm³/mol. The first-order chi connectivity index (χ1) is 4.00. The maximum atomic E-state index is 11.0. The summed E-state index contributed by atoms with van der Waals surface area (Å²) < 4.78 is 13.2. The molecule has 0 aromatic heterocycles. The SMILES string of the molecule is C=S(=O)(NC=O)C(C)C. The largest absolute Gasteiger partial charge is 0.285 e. The molecule has 0 aromatic carbocycles. The number of amides is 1. The molecular weight excluding hydrogens is 138 g/mol. The minimum absolute atomic E-state index is 0.109. The van der Waals surface area contributed by atoms with Gasteiger partial charge in [0.15, 0.2) is 0 Å². The van der Waals surface area contributed by atoms with Crippen LogP contribution in [0.2, 0.25) is 0 Å². The van der Waals surface area contributed by atoms with Crippen LogP contribution in [-0.4, -0.2) is 21.7 Å². The first-order valence-corrected chi connectivity index (χ1v) is 4.36. The van der Waals surface area contributed by atoms with E-state index in [1.165, 1.54) is 0 Å². The molecule has 0 heterocycles. The summed E-state index contributed by atoms with van der Waals surface area (Å²) in [4.78, 5) is 9.79. The van der Waals surface area contributed by atoms with Crippen molar-refractivity contribution < 1.29 is 9.00 Å². The van der Waals surface area contributed by atoms with E-state index < -0.39 is 9.71 Å². The third-order valence-electron chi connectivity index (χ3n) is 1.01. The minimum Gasteiger partial charge on any atom is -0.285 e. The van der Waals surface area contributed by atoms with E-state index in [0.717, 1.165) is 0 Å². The highest BCUT2D eigenvalue weighted by Crippen LogP contribution is 1.92. The first-order valence-electron chi connectivity index (χ1n) is 2.57. The second-order valence-corrected chi connectivity index (χ2v) is 4.64. The zero-order valence-corrected chi connectivity index (χ0v) is 6.40.